The van der Waals surface area contributed by atoms with Crippen molar-refractivity contribution in [3.8, 4) is 17.1 Å². The summed E-state index contributed by atoms with van der Waals surface area (Å²) in [4.78, 5) is 20.1. The van der Waals surface area contributed by atoms with Crippen LogP contribution < -0.4 is 10.5 Å². The van der Waals surface area contributed by atoms with Crippen molar-refractivity contribution in [2.75, 3.05) is 12.8 Å². The van der Waals surface area contributed by atoms with Gasteiger partial charge in [0.1, 0.15) is 29.7 Å². The second kappa shape index (κ2) is 8.31. The quantitative estimate of drug-likeness (QED) is 0.453. The van der Waals surface area contributed by atoms with Crippen molar-refractivity contribution in [1.29, 1.82) is 0 Å². The van der Waals surface area contributed by atoms with Gasteiger partial charge in [-0.05, 0) is 38.3 Å². The number of nitrogens with two attached hydrogens (primary N) is 1. The van der Waals surface area contributed by atoms with Gasteiger partial charge in [-0.3, -0.25) is 0 Å². The smallest absolute Gasteiger partial charge is 0.212 e. The molecule has 10 nitrogen and oxygen atoms in total. The van der Waals surface area contributed by atoms with Crippen LogP contribution in [0.3, 0.4) is 0 Å². The topological polar surface area (TPSA) is 128 Å². The van der Waals surface area contributed by atoms with Gasteiger partial charge in [0, 0.05) is 29.4 Å². The number of aliphatic hydroxyl groups excluding tert-OH is 1. The number of aliphatic hydroxyl groups is 1. The molecular weight excluding hydrogens is 444 g/mol. The number of aromatic nitrogens is 5. The number of methoxy groups -OCH3 is 1. The molecule has 4 aromatic rings. The second-order valence-corrected chi connectivity index (χ2v) is 8.91. The Morgan fingerprint density at radius 2 is 1.94 bits per heavy atom. The van der Waals surface area contributed by atoms with E-state index in [1.54, 1.807) is 19.4 Å². The van der Waals surface area contributed by atoms with E-state index < -0.39 is 6.23 Å². The molecule has 2 aliphatic rings. The molecule has 0 bridgehead atoms. The fourth-order valence-corrected chi connectivity index (χ4v) is 4.84. The molecule has 1 aliphatic heterocycles. The maximum absolute atomic E-state index is 11.4. The minimum absolute atomic E-state index is 0.228. The zero-order chi connectivity index (χ0) is 24.1. The lowest BCUT2D eigenvalue weighted by atomic mass is 9.89. The number of para-hydroxylation sites is 1. The molecule has 35 heavy (non-hydrogen) atoms. The molecule has 4 heterocycles. The van der Waals surface area contributed by atoms with Crippen LogP contribution in [0.25, 0.3) is 22.3 Å². The molecule has 0 radical (unpaired) electrons. The first kappa shape index (κ1) is 21.5. The number of nitrogens with zero attached hydrogens (tertiary/aromatic N) is 7. The van der Waals surface area contributed by atoms with Crippen LogP contribution >= 0.6 is 0 Å². The van der Waals surface area contributed by atoms with Gasteiger partial charge in [-0.1, -0.05) is 18.2 Å². The monoisotopic (exact) mass is 470 g/mol. The minimum Gasteiger partial charge on any atom is -0.481 e. The van der Waals surface area contributed by atoms with Gasteiger partial charge in [0.2, 0.25) is 5.88 Å². The number of hydrogen-bond acceptors (Lipinski definition) is 9. The van der Waals surface area contributed by atoms with Crippen LogP contribution in [0.15, 0.2) is 53.9 Å². The van der Waals surface area contributed by atoms with Crippen LogP contribution in [-0.2, 0) is 0 Å². The van der Waals surface area contributed by atoms with E-state index in [4.69, 9.17) is 20.6 Å². The standard InChI is InChI=1S/C25H26N8O2/c1-14(23-30-18-9-4-3-8-17(18)25(34)32(23)16-6-5-7-16)33-24-20(22(26)28-13-29-24)21(31-33)15-10-11-19(35-2)27-12-15/h3-4,8-14,16,25,34H,5-7H2,1-2H3,(H2,26,28,29). The lowest BCUT2D eigenvalue weighted by Gasteiger charge is -2.45. The van der Waals surface area contributed by atoms with Gasteiger partial charge in [-0.2, -0.15) is 5.10 Å². The van der Waals surface area contributed by atoms with Gasteiger partial charge in [-0.15, -0.1) is 0 Å². The first-order valence-electron chi connectivity index (χ1n) is 11.7. The Morgan fingerprint density at radius 3 is 2.66 bits per heavy atom. The maximum Gasteiger partial charge on any atom is 0.212 e. The van der Waals surface area contributed by atoms with E-state index in [9.17, 15) is 5.11 Å². The molecular formula is C25H26N8O2. The van der Waals surface area contributed by atoms with Crippen LogP contribution in [0.5, 0.6) is 5.88 Å². The molecule has 2 atom stereocenters. The molecule has 3 aromatic heterocycles. The van der Waals surface area contributed by atoms with E-state index in [0.29, 0.717) is 28.4 Å². The van der Waals surface area contributed by atoms with Crippen LogP contribution in [0.4, 0.5) is 11.5 Å². The van der Waals surface area contributed by atoms with E-state index in [1.165, 1.54) is 6.33 Å². The lowest BCUT2D eigenvalue weighted by Crippen LogP contribution is -2.50. The van der Waals surface area contributed by atoms with Crippen molar-refractivity contribution >= 4 is 28.4 Å². The number of pyridine rings is 1. The number of hydrogen-bond donors (Lipinski definition) is 2. The molecule has 0 saturated heterocycles. The summed E-state index contributed by atoms with van der Waals surface area (Å²) in [6.45, 7) is 2.02. The minimum atomic E-state index is -0.766. The van der Waals surface area contributed by atoms with E-state index in [2.05, 4.69) is 15.0 Å². The summed E-state index contributed by atoms with van der Waals surface area (Å²) in [6, 6.07) is 11.3. The van der Waals surface area contributed by atoms with Gasteiger partial charge < -0.3 is 20.5 Å². The first-order chi connectivity index (χ1) is 17.1. The molecule has 2 unspecified atom stereocenters. The van der Waals surface area contributed by atoms with Gasteiger partial charge in [0.05, 0.1) is 18.2 Å². The van der Waals surface area contributed by atoms with E-state index in [-0.39, 0.29) is 12.1 Å². The normalized spacial score (nSPS) is 18.7. The zero-order valence-electron chi connectivity index (χ0n) is 19.5. The Balaban J connectivity index is 1.51. The number of ether oxygens (including phenoxy) is 1. The third-order valence-electron chi connectivity index (χ3n) is 6.92. The molecule has 0 spiro atoms. The summed E-state index contributed by atoms with van der Waals surface area (Å²) in [5.41, 5.74) is 9.89. The Kier molecular flexibility index (Phi) is 5.10. The van der Waals surface area contributed by atoms with Crippen LogP contribution in [0.2, 0.25) is 0 Å². The van der Waals surface area contributed by atoms with E-state index >= 15 is 0 Å². The maximum atomic E-state index is 11.4. The number of aliphatic imine (C=N–C) groups is 1. The summed E-state index contributed by atoms with van der Waals surface area (Å²) in [6.07, 6.45) is 5.54. The number of amidine groups is 1. The molecule has 3 N–H and O–H groups in total. The van der Waals surface area contributed by atoms with Gasteiger partial charge >= 0.3 is 0 Å². The Morgan fingerprint density at radius 1 is 1.11 bits per heavy atom. The summed E-state index contributed by atoms with van der Waals surface area (Å²) in [5.74, 6) is 1.60. The fraction of sp³-hybridized carbons (Fsp3) is 0.320. The van der Waals surface area contributed by atoms with Crippen molar-refractivity contribution < 1.29 is 9.84 Å². The predicted octanol–water partition coefficient (Wildman–Crippen LogP) is 3.63. The van der Waals surface area contributed by atoms with Crippen LogP contribution in [0.1, 0.15) is 44.0 Å². The number of benzene rings is 1. The fourth-order valence-electron chi connectivity index (χ4n) is 4.84. The number of nitrogen functional groups attached to an aromatic ring is 1. The van der Waals surface area contributed by atoms with Gasteiger partial charge in [-0.25, -0.2) is 24.6 Å². The average molecular weight is 471 g/mol. The zero-order valence-corrected chi connectivity index (χ0v) is 19.5. The summed E-state index contributed by atoms with van der Waals surface area (Å²) < 4.78 is 7.01. The average Bonchev–Trinajstić information content (AvgIpc) is 3.25. The Hall–Kier alpha value is -4.05. The summed E-state index contributed by atoms with van der Waals surface area (Å²) >= 11 is 0. The predicted molar refractivity (Wildman–Crippen MR) is 132 cm³/mol. The molecule has 1 fully saturated rings. The molecule has 178 valence electrons. The highest BCUT2D eigenvalue weighted by atomic mass is 16.5. The molecule has 10 heteroatoms. The van der Waals surface area contributed by atoms with Crippen molar-refractivity contribution in [3.05, 3.63) is 54.5 Å². The third-order valence-corrected chi connectivity index (χ3v) is 6.92. The van der Waals surface area contributed by atoms with E-state index in [0.717, 1.165) is 41.9 Å². The molecule has 1 saturated carbocycles. The molecule has 0 amide bonds. The number of fused-ring (bicyclic) bond motifs is 2. The van der Waals surface area contributed by atoms with Crippen LogP contribution in [-0.4, -0.2) is 53.7 Å². The molecule has 1 aliphatic carbocycles. The summed E-state index contributed by atoms with van der Waals surface area (Å²) in [7, 11) is 1.57. The Labute approximate surface area is 202 Å². The van der Waals surface area contributed by atoms with Gasteiger partial charge in [0.15, 0.2) is 11.9 Å². The SMILES string of the molecule is COc1ccc(-c2nn(C(C)C3=Nc4ccccc4C(O)N3C3CCC3)c3ncnc(N)c23)cn1. The highest BCUT2D eigenvalue weighted by molar-refractivity contribution is 5.99. The largest absolute Gasteiger partial charge is 0.481 e. The van der Waals surface area contributed by atoms with Crippen LogP contribution in [0, 0.1) is 0 Å². The van der Waals surface area contributed by atoms with Crippen molar-refractivity contribution in [2.45, 2.75) is 44.5 Å². The molecule has 6 rings (SSSR count). The van der Waals surface area contributed by atoms with Crippen molar-refractivity contribution in [3.63, 3.8) is 0 Å². The number of anilines is 1. The first-order valence-corrected chi connectivity index (χ1v) is 11.7. The molecule has 1 aromatic carbocycles. The van der Waals surface area contributed by atoms with Gasteiger partial charge in [0.25, 0.3) is 0 Å². The Bertz CT molecular complexity index is 1430. The third kappa shape index (κ3) is 3.40. The van der Waals surface area contributed by atoms with Crippen molar-refractivity contribution in [1.82, 2.24) is 29.6 Å². The summed E-state index contributed by atoms with van der Waals surface area (Å²) in [5, 5.41) is 16.9. The number of rotatable bonds is 5. The van der Waals surface area contributed by atoms with E-state index in [1.807, 2.05) is 46.8 Å². The second-order valence-electron chi connectivity index (χ2n) is 8.91. The lowest BCUT2D eigenvalue weighted by molar-refractivity contribution is -0.00136. The highest BCUT2D eigenvalue weighted by Crippen LogP contribution is 2.41. The highest BCUT2D eigenvalue weighted by Gasteiger charge is 2.39. The van der Waals surface area contributed by atoms with Crippen molar-refractivity contribution in [2.24, 2.45) is 4.99 Å².